The summed E-state index contributed by atoms with van der Waals surface area (Å²) in [4.78, 5) is 25.1. The van der Waals surface area contributed by atoms with E-state index < -0.39 is 29.5 Å². The van der Waals surface area contributed by atoms with Gasteiger partial charge in [-0.15, -0.1) is 0 Å². The van der Waals surface area contributed by atoms with Gasteiger partial charge in [0.2, 0.25) is 5.91 Å². The van der Waals surface area contributed by atoms with Gasteiger partial charge in [0.25, 0.3) is 5.91 Å². The highest BCUT2D eigenvalue weighted by molar-refractivity contribution is 6.09. The number of carbonyl (C=O) groups is 2. The number of halogens is 2. The number of hydrogen-bond acceptors (Lipinski definition) is 2. The minimum Gasteiger partial charge on any atom is -0.330 e. The molecular weight excluding hydrogens is 242 g/mol. The fourth-order valence-corrected chi connectivity index (χ4v) is 2.01. The van der Waals surface area contributed by atoms with Gasteiger partial charge in [-0.25, -0.2) is 8.78 Å². The van der Waals surface area contributed by atoms with Crippen LogP contribution in [0.5, 0.6) is 0 Å². The van der Waals surface area contributed by atoms with Crippen LogP contribution in [0.25, 0.3) is 0 Å². The highest BCUT2D eigenvalue weighted by Gasteiger charge is 2.32. The second-order valence-electron chi connectivity index (χ2n) is 4.14. The lowest BCUT2D eigenvalue weighted by atomic mass is 10.1. The van der Waals surface area contributed by atoms with Gasteiger partial charge in [-0.2, -0.15) is 0 Å². The summed E-state index contributed by atoms with van der Waals surface area (Å²) in [6.45, 7) is 1.76. The molecule has 96 valence electrons. The topological polar surface area (TPSA) is 49.4 Å². The number of amides is 2. The lowest BCUT2D eigenvalue weighted by Gasteiger charge is -2.22. The maximum atomic E-state index is 13.2. The maximum Gasteiger partial charge on any atom is 0.256 e. The first-order valence-corrected chi connectivity index (χ1v) is 5.52. The molecule has 0 saturated heterocycles. The van der Waals surface area contributed by atoms with Gasteiger partial charge in [0.1, 0.15) is 6.04 Å². The Hall–Kier alpha value is -1.98. The first-order chi connectivity index (χ1) is 8.45. The summed E-state index contributed by atoms with van der Waals surface area (Å²) < 4.78 is 26.3. The Kier molecular flexibility index (Phi) is 3.02. The van der Waals surface area contributed by atoms with E-state index in [9.17, 15) is 18.4 Å². The van der Waals surface area contributed by atoms with Crippen molar-refractivity contribution in [3.63, 3.8) is 0 Å². The van der Waals surface area contributed by atoms with Gasteiger partial charge >= 0.3 is 0 Å². The Morgan fingerprint density at radius 3 is 2.50 bits per heavy atom. The summed E-state index contributed by atoms with van der Waals surface area (Å²) in [6.07, 6.45) is 0.424. The number of hydrogen-bond donors (Lipinski definition) is 1. The highest BCUT2D eigenvalue weighted by atomic mass is 19.2. The summed E-state index contributed by atoms with van der Waals surface area (Å²) in [5, 5.41) is 2.44. The maximum absolute atomic E-state index is 13.2. The van der Waals surface area contributed by atoms with Crippen molar-refractivity contribution in [3.8, 4) is 0 Å². The molecule has 0 unspecified atom stereocenters. The number of anilines is 1. The second-order valence-corrected chi connectivity index (χ2v) is 4.14. The molecule has 0 radical (unpaired) electrons. The van der Waals surface area contributed by atoms with Gasteiger partial charge in [-0.3, -0.25) is 9.59 Å². The Morgan fingerprint density at radius 2 is 1.89 bits per heavy atom. The molecule has 18 heavy (non-hydrogen) atoms. The van der Waals surface area contributed by atoms with Gasteiger partial charge in [-0.1, -0.05) is 6.92 Å². The normalized spacial score (nSPS) is 19.3. The van der Waals surface area contributed by atoms with Crippen LogP contribution >= 0.6 is 0 Å². The Balaban J connectivity index is 2.57. The summed E-state index contributed by atoms with van der Waals surface area (Å²) in [5.41, 5.74) is -0.0348. The third-order valence-electron chi connectivity index (χ3n) is 3.03. The first-order valence-electron chi connectivity index (χ1n) is 5.52. The molecule has 0 aliphatic carbocycles. The smallest absolute Gasteiger partial charge is 0.256 e. The molecule has 2 amide bonds. The molecular formula is C12H12F2N2O2. The summed E-state index contributed by atoms with van der Waals surface area (Å²) in [6, 6.07) is 0.991. The molecule has 1 heterocycles. The van der Waals surface area contributed by atoms with Crippen LogP contribution in [0.15, 0.2) is 12.1 Å². The molecule has 1 atom stereocenters. The van der Waals surface area contributed by atoms with Gasteiger partial charge < -0.3 is 10.2 Å². The minimum atomic E-state index is -1.11. The molecule has 0 bridgehead atoms. The van der Waals surface area contributed by atoms with Crippen molar-refractivity contribution in [1.82, 2.24) is 4.90 Å². The van der Waals surface area contributed by atoms with Crippen LogP contribution in [0.2, 0.25) is 0 Å². The van der Waals surface area contributed by atoms with E-state index in [1.807, 2.05) is 0 Å². The molecule has 4 nitrogen and oxygen atoms in total. The number of likely N-dealkylation sites (N-methyl/N-ethyl adjacent to an activating group) is 1. The Bertz CT molecular complexity index is 531. The fraction of sp³-hybridized carbons (Fsp3) is 0.333. The molecule has 2 rings (SSSR count). The van der Waals surface area contributed by atoms with Crippen molar-refractivity contribution in [1.29, 1.82) is 0 Å². The zero-order chi connectivity index (χ0) is 13.4. The van der Waals surface area contributed by atoms with E-state index >= 15 is 0 Å². The molecule has 0 aromatic heterocycles. The van der Waals surface area contributed by atoms with Crippen molar-refractivity contribution in [2.24, 2.45) is 0 Å². The van der Waals surface area contributed by atoms with E-state index in [0.29, 0.717) is 6.42 Å². The van der Waals surface area contributed by atoms with Crippen LogP contribution in [0.1, 0.15) is 23.7 Å². The van der Waals surface area contributed by atoms with Crippen molar-refractivity contribution in [2.75, 3.05) is 12.4 Å². The Labute approximate surface area is 103 Å². The van der Waals surface area contributed by atoms with Crippen LogP contribution < -0.4 is 5.32 Å². The molecule has 1 aliphatic heterocycles. The van der Waals surface area contributed by atoms with Gasteiger partial charge in [0, 0.05) is 13.1 Å². The summed E-state index contributed by atoms with van der Waals surface area (Å²) in [7, 11) is 1.46. The van der Waals surface area contributed by atoms with Gasteiger partial charge in [-0.05, 0) is 12.5 Å². The standard InChI is InChI=1S/C12H12F2N2O2/c1-3-10-11(17)15-9-5-8(14)7(13)4-6(9)12(18)16(10)2/h4-5,10H,3H2,1-2H3,(H,15,17)/t10-/m0/s1. The van der Waals surface area contributed by atoms with Crippen molar-refractivity contribution < 1.29 is 18.4 Å². The second kappa shape index (κ2) is 4.36. The van der Waals surface area contributed by atoms with E-state index in [4.69, 9.17) is 0 Å². The number of nitrogens with zero attached hydrogens (tertiary/aromatic N) is 1. The lowest BCUT2D eigenvalue weighted by molar-refractivity contribution is -0.120. The largest absolute Gasteiger partial charge is 0.330 e. The van der Waals surface area contributed by atoms with Crippen LogP contribution in [0.3, 0.4) is 0 Å². The molecule has 0 saturated carbocycles. The Morgan fingerprint density at radius 1 is 1.28 bits per heavy atom. The zero-order valence-electron chi connectivity index (χ0n) is 9.96. The molecule has 1 N–H and O–H groups in total. The van der Waals surface area contributed by atoms with Crippen LogP contribution in [0.4, 0.5) is 14.5 Å². The molecule has 1 aromatic rings. The predicted molar refractivity (Wildman–Crippen MR) is 61.2 cm³/mol. The third kappa shape index (κ3) is 1.83. The average Bonchev–Trinajstić information content (AvgIpc) is 2.40. The molecule has 1 aliphatic rings. The predicted octanol–water partition coefficient (Wildman–Crippen LogP) is 1.77. The van der Waals surface area contributed by atoms with Crippen molar-refractivity contribution in [3.05, 3.63) is 29.3 Å². The molecule has 1 aromatic carbocycles. The molecule has 0 fully saturated rings. The van der Waals surface area contributed by atoms with E-state index in [0.717, 1.165) is 12.1 Å². The average molecular weight is 254 g/mol. The SMILES string of the molecule is CC[C@H]1C(=O)Nc2cc(F)c(F)cc2C(=O)N1C. The van der Waals surface area contributed by atoms with Crippen LogP contribution in [-0.2, 0) is 4.79 Å². The molecule has 6 heteroatoms. The van der Waals surface area contributed by atoms with Gasteiger partial charge in [0.05, 0.1) is 11.3 Å². The number of fused-ring (bicyclic) bond motifs is 1. The van der Waals surface area contributed by atoms with E-state index in [1.165, 1.54) is 11.9 Å². The minimum absolute atomic E-state index is 0.00620. The third-order valence-corrected chi connectivity index (χ3v) is 3.03. The van der Waals surface area contributed by atoms with Crippen LogP contribution in [0, 0.1) is 11.6 Å². The van der Waals surface area contributed by atoms with Crippen LogP contribution in [-0.4, -0.2) is 29.8 Å². The number of nitrogens with one attached hydrogen (secondary N) is 1. The summed E-state index contributed by atoms with van der Waals surface area (Å²) >= 11 is 0. The highest BCUT2D eigenvalue weighted by Crippen LogP contribution is 2.25. The number of benzene rings is 1. The quantitative estimate of drug-likeness (QED) is 0.830. The zero-order valence-corrected chi connectivity index (χ0v) is 9.96. The molecule has 0 spiro atoms. The van der Waals surface area contributed by atoms with E-state index in [-0.39, 0.29) is 11.3 Å². The number of carbonyl (C=O) groups excluding carboxylic acids is 2. The van der Waals surface area contributed by atoms with E-state index in [1.54, 1.807) is 6.92 Å². The van der Waals surface area contributed by atoms with Crippen molar-refractivity contribution >= 4 is 17.5 Å². The van der Waals surface area contributed by atoms with Crippen molar-refractivity contribution in [2.45, 2.75) is 19.4 Å². The first kappa shape index (κ1) is 12.5. The van der Waals surface area contributed by atoms with E-state index in [2.05, 4.69) is 5.32 Å². The lowest BCUT2D eigenvalue weighted by Crippen LogP contribution is -2.42. The summed E-state index contributed by atoms with van der Waals surface area (Å²) in [5.74, 6) is -3.12. The monoisotopic (exact) mass is 254 g/mol. The van der Waals surface area contributed by atoms with Gasteiger partial charge in [0.15, 0.2) is 11.6 Å². The fourth-order valence-electron chi connectivity index (χ4n) is 2.01. The number of rotatable bonds is 1.